The van der Waals surface area contributed by atoms with Crippen molar-refractivity contribution in [1.82, 2.24) is 0 Å². The fourth-order valence-electron chi connectivity index (χ4n) is 14.1. The monoisotopic (exact) mass is 790 g/mol. The first kappa shape index (κ1) is 34.2. The van der Waals surface area contributed by atoms with Crippen molar-refractivity contribution in [3.63, 3.8) is 0 Å². The van der Waals surface area contributed by atoms with Crippen LogP contribution in [-0.2, 0) is 10.8 Å². The molecule has 8 aromatic rings. The molecule has 0 amide bonds. The number of hydrogen-bond acceptors (Lipinski definition) is 3. The van der Waals surface area contributed by atoms with Gasteiger partial charge in [0, 0.05) is 54.0 Å². The second-order valence-electron chi connectivity index (χ2n) is 20.1. The molecule has 7 aliphatic rings. The SMILES string of the molecule is CC(C)(C)c1ccc(N2c3ccc(-c4cccc5c4sc4ccccc45)cc3B3c4cccc5c4N(c4ccccc4C54C5CC6CC(C5)CC4C6)c4cccc2c43)cc1. The maximum Gasteiger partial charge on any atom is 0.252 e. The smallest absolute Gasteiger partial charge is 0.252 e. The Hall–Kier alpha value is -5.58. The first-order chi connectivity index (χ1) is 29.4. The van der Waals surface area contributed by atoms with Crippen LogP contribution in [0, 0.1) is 23.7 Å². The fourth-order valence-corrected chi connectivity index (χ4v) is 15.3. The van der Waals surface area contributed by atoms with Gasteiger partial charge < -0.3 is 9.80 Å². The summed E-state index contributed by atoms with van der Waals surface area (Å²) in [4.78, 5) is 5.30. The van der Waals surface area contributed by atoms with Crippen LogP contribution in [0.1, 0.15) is 69.6 Å². The second kappa shape index (κ2) is 11.8. The highest BCUT2D eigenvalue weighted by Crippen LogP contribution is 2.69. The topological polar surface area (TPSA) is 6.48 Å². The highest BCUT2D eigenvalue weighted by molar-refractivity contribution is 7.26. The Morgan fingerprint density at radius 2 is 1.23 bits per heavy atom. The van der Waals surface area contributed by atoms with Gasteiger partial charge in [-0.2, -0.15) is 0 Å². The lowest BCUT2D eigenvalue weighted by Gasteiger charge is -2.64. The van der Waals surface area contributed by atoms with Crippen LogP contribution in [0.2, 0.25) is 0 Å². The third kappa shape index (κ3) is 4.31. The minimum absolute atomic E-state index is 0.0674. The average Bonchev–Trinajstić information content (AvgIpc) is 3.65. The Bertz CT molecular complexity index is 3100. The van der Waals surface area contributed by atoms with Gasteiger partial charge in [-0.25, -0.2) is 0 Å². The van der Waals surface area contributed by atoms with Crippen molar-refractivity contribution in [2.75, 3.05) is 9.80 Å². The van der Waals surface area contributed by atoms with Crippen LogP contribution in [0.25, 0.3) is 31.3 Å². The summed E-state index contributed by atoms with van der Waals surface area (Å²) in [6, 6.07) is 57.0. The van der Waals surface area contributed by atoms with E-state index in [1.807, 2.05) is 11.3 Å². The highest BCUT2D eigenvalue weighted by atomic mass is 32.1. The molecule has 7 aromatic carbocycles. The molecule has 0 unspecified atom stereocenters. The molecule has 3 aliphatic heterocycles. The Balaban J connectivity index is 1.05. The fraction of sp³-hybridized carbons (Fsp3) is 0.250. The summed E-state index contributed by atoms with van der Waals surface area (Å²) < 4.78 is 2.72. The van der Waals surface area contributed by atoms with Crippen molar-refractivity contribution >= 4 is 88.7 Å². The van der Waals surface area contributed by atoms with Gasteiger partial charge in [-0.15, -0.1) is 11.3 Å². The summed E-state index contributed by atoms with van der Waals surface area (Å²) in [6.07, 6.45) is 6.99. The van der Waals surface area contributed by atoms with E-state index in [0.29, 0.717) is 11.8 Å². The number of anilines is 6. The van der Waals surface area contributed by atoms with Crippen LogP contribution in [0.4, 0.5) is 34.1 Å². The first-order valence-corrected chi connectivity index (χ1v) is 23.3. The van der Waals surface area contributed by atoms with Gasteiger partial charge >= 0.3 is 0 Å². The summed E-state index contributed by atoms with van der Waals surface area (Å²) in [5.41, 5.74) is 19.6. The van der Waals surface area contributed by atoms with Crippen molar-refractivity contribution in [2.24, 2.45) is 23.7 Å². The van der Waals surface area contributed by atoms with Crippen LogP contribution < -0.4 is 26.2 Å². The molecule has 15 rings (SSSR count). The standard InChI is InChI=1S/C56H47BN2S/c1-55(2,3)36-22-24-39(25-23-36)58-48-26-21-35(40-12-8-13-42-41-11-4-7-20-51(41)60-54(40)42)32-46(48)57-45-16-9-15-44-53(45)59(50-19-10-18-49(58)52(50)57)47-17-6-5-14-43(47)56(44)37-28-33-27-34(30-37)31-38(56)29-33/h4-26,32-34,37-38H,27-31H2,1-3H3. The largest absolute Gasteiger partial charge is 0.311 e. The zero-order valence-corrected chi connectivity index (χ0v) is 35.4. The predicted octanol–water partition coefficient (Wildman–Crippen LogP) is 13.2. The van der Waals surface area contributed by atoms with Gasteiger partial charge in [0.25, 0.3) is 6.71 Å². The van der Waals surface area contributed by atoms with Gasteiger partial charge in [0.05, 0.1) is 5.69 Å². The second-order valence-corrected chi connectivity index (χ2v) is 21.2. The normalized spacial score (nSPS) is 23.9. The van der Waals surface area contributed by atoms with E-state index in [9.17, 15) is 0 Å². The third-order valence-electron chi connectivity index (χ3n) is 16.2. The van der Waals surface area contributed by atoms with E-state index in [1.165, 1.54) is 119 Å². The van der Waals surface area contributed by atoms with Gasteiger partial charge in [0.2, 0.25) is 0 Å². The summed E-state index contributed by atoms with van der Waals surface area (Å²) in [6.45, 7) is 7.03. The average molecular weight is 791 g/mol. The molecule has 2 nitrogen and oxygen atoms in total. The lowest BCUT2D eigenvalue weighted by molar-refractivity contribution is -0.0419. The molecule has 0 saturated heterocycles. The van der Waals surface area contributed by atoms with Gasteiger partial charge in [0.15, 0.2) is 0 Å². The van der Waals surface area contributed by atoms with Crippen molar-refractivity contribution in [3.05, 3.63) is 162 Å². The number of hydrogen-bond donors (Lipinski definition) is 0. The molecule has 1 spiro atoms. The minimum atomic E-state index is 0.0674. The van der Waals surface area contributed by atoms with Crippen molar-refractivity contribution in [2.45, 2.75) is 63.7 Å². The molecule has 4 heterocycles. The molecule has 4 fully saturated rings. The van der Waals surface area contributed by atoms with Crippen LogP contribution in [-0.4, -0.2) is 6.71 Å². The van der Waals surface area contributed by atoms with Gasteiger partial charge in [-0.3, -0.25) is 0 Å². The van der Waals surface area contributed by atoms with E-state index in [-0.39, 0.29) is 17.5 Å². The van der Waals surface area contributed by atoms with E-state index in [0.717, 1.165) is 11.8 Å². The molecule has 290 valence electrons. The number of benzene rings is 7. The van der Waals surface area contributed by atoms with Crippen LogP contribution in [0.3, 0.4) is 0 Å². The van der Waals surface area contributed by atoms with Crippen LogP contribution in [0.15, 0.2) is 146 Å². The molecule has 4 heteroatoms. The van der Waals surface area contributed by atoms with Gasteiger partial charge in [-0.05, 0) is 148 Å². The number of thiophene rings is 1. The quantitative estimate of drug-likeness (QED) is 0.161. The van der Waals surface area contributed by atoms with Gasteiger partial charge in [-0.1, -0.05) is 124 Å². The Morgan fingerprint density at radius 1 is 0.567 bits per heavy atom. The molecule has 0 atom stereocenters. The number of fused-ring (bicyclic) bond motifs is 9. The molecule has 4 bridgehead atoms. The highest BCUT2D eigenvalue weighted by Gasteiger charge is 2.62. The first-order valence-electron chi connectivity index (χ1n) is 22.5. The molecule has 60 heavy (non-hydrogen) atoms. The Kier molecular flexibility index (Phi) is 6.74. The summed E-state index contributed by atoms with van der Waals surface area (Å²) in [5.74, 6) is 3.22. The van der Waals surface area contributed by atoms with E-state index in [4.69, 9.17) is 0 Å². The number of rotatable bonds is 2. The Morgan fingerprint density at radius 3 is 2.03 bits per heavy atom. The van der Waals surface area contributed by atoms with E-state index in [1.54, 1.807) is 11.1 Å². The summed E-state index contributed by atoms with van der Waals surface area (Å²) in [5, 5.41) is 2.70. The molecule has 1 aromatic heterocycles. The predicted molar refractivity (Wildman–Crippen MR) is 255 cm³/mol. The summed E-state index contributed by atoms with van der Waals surface area (Å²) in [7, 11) is 0. The molecule has 0 N–H and O–H groups in total. The van der Waals surface area contributed by atoms with Crippen molar-refractivity contribution in [3.8, 4) is 11.1 Å². The maximum atomic E-state index is 2.72. The zero-order chi connectivity index (χ0) is 39.6. The molecular weight excluding hydrogens is 744 g/mol. The number of para-hydroxylation sites is 2. The molecule has 4 aliphatic carbocycles. The maximum absolute atomic E-state index is 2.72. The number of nitrogens with zero attached hydrogens (tertiary/aromatic N) is 2. The van der Waals surface area contributed by atoms with Gasteiger partial charge in [0.1, 0.15) is 0 Å². The molecule has 4 saturated carbocycles. The lowest BCUT2D eigenvalue weighted by atomic mass is 9.32. The lowest BCUT2D eigenvalue weighted by Crippen LogP contribution is -2.64. The van der Waals surface area contributed by atoms with Crippen molar-refractivity contribution < 1.29 is 0 Å². The van der Waals surface area contributed by atoms with Crippen LogP contribution >= 0.6 is 11.3 Å². The zero-order valence-electron chi connectivity index (χ0n) is 34.6. The van der Waals surface area contributed by atoms with E-state index >= 15 is 0 Å². The Labute approximate surface area is 357 Å². The molecular formula is C56H47BN2S. The minimum Gasteiger partial charge on any atom is -0.311 e. The third-order valence-corrected chi connectivity index (χ3v) is 17.4. The van der Waals surface area contributed by atoms with Crippen LogP contribution in [0.5, 0.6) is 0 Å². The summed E-state index contributed by atoms with van der Waals surface area (Å²) >= 11 is 1.93. The molecule has 0 radical (unpaired) electrons. The van der Waals surface area contributed by atoms with E-state index in [2.05, 4.69) is 176 Å². The van der Waals surface area contributed by atoms with Crippen molar-refractivity contribution in [1.29, 1.82) is 0 Å². The van der Waals surface area contributed by atoms with E-state index < -0.39 is 0 Å².